The van der Waals surface area contributed by atoms with E-state index >= 15 is 0 Å². The third-order valence-corrected chi connectivity index (χ3v) is 4.76. The molecule has 1 aliphatic carbocycles. The van der Waals surface area contributed by atoms with Gasteiger partial charge in [-0.1, -0.05) is 38.5 Å². The first-order chi connectivity index (χ1) is 7.29. The van der Waals surface area contributed by atoms with Gasteiger partial charge in [-0.3, -0.25) is 4.99 Å². The van der Waals surface area contributed by atoms with Crippen LogP contribution < -0.4 is 5.32 Å². The molecule has 2 aliphatic rings. The molecule has 1 aliphatic heterocycles. The number of aliphatic imine (C=N–C) groups is 1. The van der Waals surface area contributed by atoms with Crippen molar-refractivity contribution in [1.82, 2.24) is 5.32 Å². The van der Waals surface area contributed by atoms with Gasteiger partial charge in [-0.05, 0) is 24.7 Å². The highest BCUT2D eigenvalue weighted by Crippen LogP contribution is 2.32. The van der Waals surface area contributed by atoms with Crippen molar-refractivity contribution in [3.05, 3.63) is 0 Å². The van der Waals surface area contributed by atoms with E-state index in [4.69, 9.17) is 0 Å². The molecule has 0 aromatic heterocycles. The lowest BCUT2D eigenvalue weighted by Crippen LogP contribution is -2.41. The molecular weight excluding hydrogens is 204 g/mol. The Morgan fingerprint density at radius 2 is 2.40 bits per heavy atom. The van der Waals surface area contributed by atoms with Crippen LogP contribution in [0.2, 0.25) is 0 Å². The first-order valence-corrected chi connectivity index (χ1v) is 7.22. The highest BCUT2D eigenvalue weighted by atomic mass is 32.2. The van der Waals surface area contributed by atoms with E-state index in [0.717, 1.165) is 24.4 Å². The van der Waals surface area contributed by atoms with Gasteiger partial charge in [-0.25, -0.2) is 0 Å². The largest absolute Gasteiger partial charge is 0.362 e. The quantitative estimate of drug-likeness (QED) is 0.800. The van der Waals surface area contributed by atoms with E-state index < -0.39 is 0 Å². The van der Waals surface area contributed by atoms with Crippen molar-refractivity contribution in [3.8, 4) is 0 Å². The van der Waals surface area contributed by atoms with E-state index in [1.807, 2.05) is 11.8 Å². The third kappa shape index (κ3) is 2.90. The second-order valence-corrected chi connectivity index (χ2v) is 5.92. The first kappa shape index (κ1) is 11.3. The molecule has 1 saturated heterocycles. The maximum atomic E-state index is 4.68. The summed E-state index contributed by atoms with van der Waals surface area (Å²) in [7, 11) is 0. The van der Waals surface area contributed by atoms with Crippen molar-refractivity contribution in [2.45, 2.75) is 45.6 Å². The molecule has 0 aromatic carbocycles. The maximum Gasteiger partial charge on any atom is 0.156 e. The van der Waals surface area contributed by atoms with Crippen molar-refractivity contribution in [2.24, 2.45) is 16.8 Å². The Morgan fingerprint density at radius 1 is 1.53 bits per heavy atom. The molecule has 0 radical (unpaired) electrons. The normalized spacial score (nSPS) is 34.9. The number of thioether (sulfide) groups is 1. The molecule has 1 saturated carbocycles. The highest BCUT2D eigenvalue weighted by Gasteiger charge is 2.31. The van der Waals surface area contributed by atoms with Gasteiger partial charge in [-0.15, -0.1) is 0 Å². The number of hydrogen-bond donors (Lipinski definition) is 1. The number of rotatable bonds is 3. The summed E-state index contributed by atoms with van der Waals surface area (Å²) in [6, 6.07) is 0.738. The molecule has 1 N–H and O–H groups in total. The van der Waals surface area contributed by atoms with E-state index in [-0.39, 0.29) is 0 Å². The van der Waals surface area contributed by atoms with Gasteiger partial charge < -0.3 is 5.32 Å². The van der Waals surface area contributed by atoms with Crippen molar-refractivity contribution in [2.75, 3.05) is 12.3 Å². The average molecular weight is 226 g/mol. The molecule has 0 spiro atoms. The van der Waals surface area contributed by atoms with Crippen LogP contribution in [0.1, 0.15) is 39.5 Å². The Hall–Kier alpha value is -0.180. The molecule has 3 heteroatoms. The van der Waals surface area contributed by atoms with Crippen LogP contribution in [0, 0.1) is 11.8 Å². The molecule has 0 aromatic rings. The SMILES string of the molecule is CCC(C)CN=C1NC2CCCC2CS1. The molecule has 1 heterocycles. The van der Waals surface area contributed by atoms with Gasteiger partial charge >= 0.3 is 0 Å². The number of fused-ring (bicyclic) bond motifs is 1. The fourth-order valence-corrected chi connectivity index (χ4v) is 3.44. The van der Waals surface area contributed by atoms with Crippen molar-refractivity contribution in [1.29, 1.82) is 0 Å². The number of hydrogen-bond acceptors (Lipinski definition) is 2. The predicted molar refractivity (Wildman–Crippen MR) is 68.5 cm³/mol. The van der Waals surface area contributed by atoms with Gasteiger partial charge in [0.05, 0.1) is 0 Å². The molecular formula is C12H22N2S. The molecule has 3 unspecified atom stereocenters. The van der Waals surface area contributed by atoms with E-state index in [9.17, 15) is 0 Å². The highest BCUT2D eigenvalue weighted by molar-refractivity contribution is 8.13. The molecule has 86 valence electrons. The Kier molecular flexibility index (Phi) is 3.95. The van der Waals surface area contributed by atoms with Crippen molar-refractivity contribution in [3.63, 3.8) is 0 Å². The molecule has 0 amide bonds. The van der Waals surface area contributed by atoms with Crippen LogP contribution in [0.3, 0.4) is 0 Å². The second-order valence-electron chi connectivity index (χ2n) is 4.91. The van der Waals surface area contributed by atoms with Crippen LogP contribution in [0.25, 0.3) is 0 Å². The smallest absolute Gasteiger partial charge is 0.156 e. The zero-order valence-corrected chi connectivity index (χ0v) is 10.6. The van der Waals surface area contributed by atoms with Gasteiger partial charge in [-0.2, -0.15) is 0 Å². The minimum Gasteiger partial charge on any atom is -0.362 e. The summed E-state index contributed by atoms with van der Waals surface area (Å²) in [6.07, 6.45) is 5.41. The Balaban J connectivity index is 1.84. The summed E-state index contributed by atoms with van der Waals surface area (Å²) in [5, 5.41) is 4.81. The fourth-order valence-electron chi connectivity index (χ4n) is 2.27. The topological polar surface area (TPSA) is 24.4 Å². The minimum absolute atomic E-state index is 0.723. The van der Waals surface area contributed by atoms with Crippen molar-refractivity contribution < 1.29 is 0 Å². The summed E-state index contributed by atoms with van der Waals surface area (Å²) >= 11 is 1.93. The fraction of sp³-hybridized carbons (Fsp3) is 0.917. The van der Waals surface area contributed by atoms with Gasteiger partial charge in [0.25, 0.3) is 0 Å². The number of amidine groups is 1. The number of nitrogens with one attached hydrogen (secondary N) is 1. The van der Waals surface area contributed by atoms with Crippen LogP contribution >= 0.6 is 11.8 Å². The van der Waals surface area contributed by atoms with Gasteiger partial charge in [0, 0.05) is 18.3 Å². The van der Waals surface area contributed by atoms with Crippen molar-refractivity contribution >= 4 is 16.9 Å². The van der Waals surface area contributed by atoms with Crippen LogP contribution in [-0.4, -0.2) is 23.5 Å². The Labute approximate surface area is 97.3 Å². The lowest BCUT2D eigenvalue weighted by Gasteiger charge is -2.28. The van der Waals surface area contributed by atoms with Gasteiger partial charge in [0.1, 0.15) is 0 Å². The van der Waals surface area contributed by atoms with Gasteiger partial charge in [0.15, 0.2) is 5.17 Å². The lowest BCUT2D eigenvalue weighted by molar-refractivity contribution is 0.488. The standard InChI is InChI=1S/C12H22N2S/c1-3-9(2)7-13-12-14-11-6-4-5-10(11)8-15-12/h9-11H,3-8H2,1-2H3,(H,13,14). The molecule has 2 rings (SSSR count). The van der Waals surface area contributed by atoms with Crippen LogP contribution in [0.5, 0.6) is 0 Å². The summed E-state index contributed by atoms with van der Waals surface area (Å²) in [4.78, 5) is 4.68. The van der Waals surface area contributed by atoms with E-state index in [2.05, 4.69) is 24.2 Å². The Morgan fingerprint density at radius 3 is 3.20 bits per heavy atom. The lowest BCUT2D eigenvalue weighted by atomic mass is 10.1. The van der Waals surface area contributed by atoms with E-state index in [0.29, 0.717) is 0 Å². The molecule has 3 atom stereocenters. The van der Waals surface area contributed by atoms with Crippen LogP contribution in [0.15, 0.2) is 4.99 Å². The zero-order chi connectivity index (χ0) is 10.7. The molecule has 2 fully saturated rings. The Bertz CT molecular complexity index is 240. The van der Waals surface area contributed by atoms with Crippen LogP contribution in [-0.2, 0) is 0 Å². The molecule has 15 heavy (non-hydrogen) atoms. The summed E-state index contributed by atoms with van der Waals surface area (Å²) < 4.78 is 0. The van der Waals surface area contributed by atoms with Crippen LogP contribution in [0.4, 0.5) is 0 Å². The zero-order valence-electron chi connectivity index (χ0n) is 9.83. The summed E-state index contributed by atoms with van der Waals surface area (Å²) in [5.41, 5.74) is 0. The maximum absolute atomic E-state index is 4.68. The first-order valence-electron chi connectivity index (χ1n) is 6.23. The third-order valence-electron chi connectivity index (χ3n) is 3.65. The predicted octanol–water partition coefficient (Wildman–Crippen LogP) is 2.89. The number of nitrogens with zero attached hydrogens (tertiary/aromatic N) is 1. The van der Waals surface area contributed by atoms with E-state index in [1.165, 1.54) is 36.6 Å². The van der Waals surface area contributed by atoms with E-state index in [1.54, 1.807) is 0 Å². The summed E-state index contributed by atoms with van der Waals surface area (Å²) in [6.45, 7) is 5.50. The average Bonchev–Trinajstić information content (AvgIpc) is 2.72. The monoisotopic (exact) mass is 226 g/mol. The second kappa shape index (κ2) is 5.24. The molecule has 0 bridgehead atoms. The van der Waals surface area contributed by atoms with Gasteiger partial charge in [0.2, 0.25) is 0 Å². The summed E-state index contributed by atoms with van der Waals surface area (Å²) in [5.74, 6) is 2.93. The molecule has 2 nitrogen and oxygen atoms in total. The minimum atomic E-state index is 0.723.